The average Bonchev–Trinajstić information content (AvgIpc) is 2.81. The minimum absolute atomic E-state index is 0.108. The van der Waals surface area contributed by atoms with E-state index in [-0.39, 0.29) is 12.6 Å². The van der Waals surface area contributed by atoms with Gasteiger partial charge in [-0.2, -0.15) is 0 Å². The van der Waals surface area contributed by atoms with E-state index < -0.39 is 0 Å². The second kappa shape index (κ2) is 11.2. The molecule has 0 bridgehead atoms. The Morgan fingerprint density at radius 3 is 1.63 bits per heavy atom. The molecular weight excluding hydrogens is 376 g/mol. The molecule has 4 heteroatoms. The maximum absolute atomic E-state index is 5.71. The number of ether oxygens (including phenoxy) is 4. The number of rotatable bonds is 4. The third kappa shape index (κ3) is 5.85. The van der Waals surface area contributed by atoms with Crippen molar-refractivity contribution in [2.24, 2.45) is 0 Å². The zero-order chi connectivity index (χ0) is 20.4. The van der Waals surface area contributed by atoms with Gasteiger partial charge in [0.2, 0.25) is 0 Å². The molecule has 156 valence electrons. The summed E-state index contributed by atoms with van der Waals surface area (Å²) >= 11 is 0. The molecule has 0 amide bonds. The molecule has 2 aromatic carbocycles. The minimum Gasteiger partial charge on any atom is -0.353 e. The molecule has 2 heterocycles. The fourth-order valence-electron chi connectivity index (χ4n) is 3.73. The van der Waals surface area contributed by atoms with Crippen LogP contribution >= 0.6 is 0 Å². The summed E-state index contributed by atoms with van der Waals surface area (Å²) in [6.45, 7) is 2.32. The zero-order valence-corrected chi connectivity index (χ0v) is 17.3. The highest BCUT2D eigenvalue weighted by Crippen LogP contribution is 2.22. The molecule has 0 saturated carbocycles. The van der Waals surface area contributed by atoms with Gasteiger partial charge in [-0.3, -0.25) is 0 Å². The summed E-state index contributed by atoms with van der Waals surface area (Å²) in [5, 5.41) is 2.20. The Labute approximate surface area is 178 Å². The van der Waals surface area contributed by atoms with Crippen LogP contribution in [0, 0.1) is 23.7 Å². The van der Waals surface area contributed by atoms with Gasteiger partial charge in [0.25, 0.3) is 0 Å². The quantitative estimate of drug-likeness (QED) is 0.697. The second-order valence-electron chi connectivity index (χ2n) is 7.52. The Hall–Kier alpha value is -2.34. The molecule has 0 aromatic heterocycles. The summed E-state index contributed by atoms with van der Waals surface area (Å²) in [5.74, 6) is 12.7. The van der Waals surface area contributed by atoms with Crippen LogP contribution in [0.5, 0.6) is 0 Å². The van der Waals surface area contributed by atoms with Crippen LogP contribution in [0.25, 0.3) is 10.8 Å². The van der Waals surface area contributed by atoms with Crippen LogP contribution in [-0.2, 0) is 18.9 Å². The van der Waals surface area contributed by atoms with E-state index in [9.17, 15) is 0 Å². The minimum atomic E-state index is -0.108. The van der Waals surface area contributed by atoms with Crippen molar-refractivity contribution < 1.29 is 18.9 Å². The Balaban J connectivity index is 1.40. The molecule has 4 nitrogen and oxygen atoms in total. The molecule has 30 heavy (non-hydrogen) atoms. The van der Waals surface area contributed by atoms with Gasteiger partial charge >= 0.3 is 0 Å². The highest BCUT2D eigenvalue weighted by atomic mass is 16.7. The lowest BCUT2D eigenvalue weighted by molar-refractivity contribution is -0.154. The normalized spacial score (nSPS) is 21.3. The van der Waals surface area contributed by atoms with Crippen molar-refractivity contribution in [3.63, 3.8) is 0 Å². The van der Waals surface area contributed by atoms with E-state index in [1.807, 2.05) is 24.3 Å². The molecular formula is C26H28O4. The third-order valence-corrected chi connectivity index (χ3v) is 5.33. The van der Waals surface area contributed by atoms with E-state index in [4.69, 9.17) is 18.9 Å². The van der Waals surface area contributed by atoms with Crippen molar-refractivity contribution in [3.8, 4) is 23.7 Å². The van der Waals surface area contributed by atoms with Crippen LogP contribution in [0.3, 0.4) is 0 Å². The van der Waals surface area contributed by atoms with Gasteiger partial charge in [0.15, 0.2) is 12.6 Å². The summed E-state index contributed by atoms with van der Waals surface area (Å²) in [7, 11) is 0. The molecule has 2 atom stereocenters. The van der Waals surface area contributed by atoms with Crippen molar-refractivity contribution in [1.29, 1.82) is 0 Å². The maximum atomic E-state index is 5.71. The molecule has 4 rings (SSSR count). The maximum Gasteiger partial charge on any atom is 0.158 e. The lowest BCUT2D eigenvalue weighted by atomic mass is 10.00. The Kier molecular flexibility index (Phi) is 7.78. The van der Waals surface area contributed by atoms with Crippen LogP contribution in [0.1, 0.15) is 49.7 Å². The van der Waals surface area contributed by atoms with E-state index >= 15 is 0 Å². The van der Waals surface area contributed by atoms with Gasteiger partial charge in [0.05, 0.1) is 0 Å². The summed E-state index contributed by atoms with van der Waals surface area (Å²) in [5.41, 5.74) is 1.97. The summed E-state index contributed by atoms with van der Waals surface area (Å²) in [4.78, 5) is 0. The zero-order valence-electron chi connectivity index (χ0n) is 17.3. The molecule has 2 aliphatic heterocycles. The van der Waals surface area contributed by atoms with Gasteiger partial charge in [-0.1, -0.05) is 47.9 Å². The Bertz CT molecular complexity index is 869. The lowest BCUT2D eigenvalue weighted by Crippen LogP contribution is -2.22. The predicted octanol–water partition coefficient (Wildman–Crippen LogP) is 4.63. The first kappa shape index (κ1) is 20.9. The molecule has 2 saturated heterocycles. The van der Waals surface area contributed by atoms with Crippen molar-refractivity contribution in [2.45, 2.75) is 51.1 Å². The molecule has 0 unspecified atom stereocenters. The van der Waals surface area contributed by atoms with Gasteiger partial charge in [0.1, 0.15) is 13.2 Å². The first-order chi connectivity index (χ1) is 14.9. The molecule has 0 aliphatic carbocycles. The fourth-order valence-corrected chi connectivity index (χ4v) is 3.73. The van der Waals surface area contributed by atoms with Crippen LogP contribution in [0.4, 0.5) is 0 Å². The van der Waals surface area contributed by atoms with Crippen molar-refractivity contribution in [3.05, 3.63) is 47.5 Å². The number of benzene rings is 2. The first-order valence-corrected chi connectivity index (χ1v) is 10.9. The molecule has 2 aromatic rings. The van der Waals surface area contributed by atoms with Gasteiger partial charge in [-0.25, -0.2) is 0 Å². The van der Waals surface area contributed by atoms with Gasteiger partial charge in [-0.15, -0.1) is 0 Å². The van der Waals surface area contributed by atoms with E-state index in [2.05, 4.69) is 35.8 Å². The number of hydrogen-bond acceptors (Lipinski definition) is 4. The van der Waals surface area contributed by atoms with E-state index in [0.717, 1.165) is 73.6 Å². The topological polar surface area (TPSA) is 36.9 Å². The molecule has 0 N–H and O–H groups in total. The van der Waals surface area contributed by atoms with Crippen LogP contribution in [0.15, 0.2) is 36.4 Å². The second-order valence-corrected chi connectivity index (χ2v) is 7.52. The smallest absolute Gasteiger partial charge is 0.158 e. The number of hydrogen-bond donors (Lipinski definition) is 0. The van der Waals surface area contributed by atoms with Gasteiger partial charge in [-0.05, 0) is 61.4 Å². The van der Waals surface area contributed by atoms with E-state index in [1.54, 1.807) is 0 Å². The summed E-state index contributed by atoms with van der Waals surface area (Å²) in [6.07, 6.45) is 6.24. The highest BCUT2D eigenvalue weighted by molar-refractivity contribution is 5.92. The molecule has 2 aliphatic rings. The summed E-state index contributed by atoms with van der Waals surface area (Å²) in [6, 6.07) is 12.3. The summed E-state index contributed by atoms with van der Waals surface area (Å²) < 4.78 is 22.6. The van der Waals surface area contributed by atoms with Crippen LogP contribution in [-0.4, -0.2) is 39.0 Å². The first-order valence-electron chi connectivity index (χ1n) is 10.9. The van der Waals surface area contributed by atoms with Gasteiger partial charge in [0, 0.05) is 24.3 Å². The third-order valence-electron chi connectivity index (χ3n) is 5.33. The molecule has 2 fully saturated rings. The lowest BCUT2D eigenvalue weighted by Gasteiger charge is -2.21. The van der Waals surface area contributed by atoms with Crippen LogP contribution < -0.4 is 0 Å². The standard InChI is InChI=1S/C26H28O4/c1-2-12-24-22(10-8-20-30-26-14-4-6-18-28-26)16-15-21(23(24)11-1)9-7-19-29-25-13-3-5-17-27-25/h1-2,11-12,15-16,25-26H,3-6,13-14,17-20H2/t25-,26-/m0/s1. The Morgan fingerprint density at radius 1 is 0.700 bits per heavy atom. The number of fused-ring (bicyclic) bond motifs is 1. The van der Waals surface area contributed by atoms with Crippen molar-refractivity contribution >= 4 is 10.8 Å². The van der Waals surface area contributed by atoms with Crippen molar-refractivity contribution in [1.82, 2.24) is 0 Å². The monoisotopic (exact) mass is 404 g/mol. The highest BCUT2D eigenvalue weighted by Gasteiger charge is 2.13. The van der Waals surface area contributed by atoms with Gasteiger partial charge < -0.3 is 18.9 Å². The van der Waals surface area contributed by atoms with E-state index in [1.165, 1.54) is 0 Å². The molecule has 0 radical (unpaired) electrons. The van der Waals surface area contributed by atoms with Crippen LogP contribution in [0.2, 0.25) is 0 Å². The SMILES string of the molecule is C(#Cc1ccc(C#CCO[C@H]2CCCCO2)c2ccccc12)CO[C@H]1CCCCO1. The average molecular weight is 405 g/mol. The largest absolute Gasteiger partial charge is 0.353 e. The molecule has 0 spiro atoms. The van der Waals surface area contributed by atoms with Crippen molar-refractivity contribution in [2.75, 3.05) is 26.4 Å². The fraction of sp³-hybridized carbons (Fsp3) is 0.462. The van der Waals surface area contributed by atoms with E-state index in [0.29, 0.717) is 13.2 Å². The predicted molar refractivity (Wildman–Crippen MR) is 117 cm³/mol. The Morgan fingerprint density at radius 2 is 1.20 bits per heavy atom.